The van der Waals surface area contributed by atoms with Crippen molar-refractivity contribution < 1.29 is 19.1 Å². The number of aldehydes is 1. The minimum Gasteiger partial charge on any atom is -0.440 e. The van der Waals surface area contributed by atoms with E-state index in [0.29, 0.717) is 6.29 Å². The molecule has 0 aliphatic rings. The first-order chi connectivity index (χ1) is 9.52. The van der Waals surface area contributed by atoms with E-state index in [1.807, 2.05) is 24.3 Å². The van der Waals surface area contributed by atoms with E-state index < -0.39 is 24.6 Å². The van der Waals surface area contributed by atoms with Crippen LogP contribution in [-0.4, -0.2) is 37.5 Å². The average molecular weight is 344 g/mol. The number of carbonyl (C=O) groups is 3. The Balaban J connectivity index is 2.43. The van der Waals surface area contributed by atoms with Crippen LogP contribution in [0.3, 0.4) is 0 Å². The second kappa shape index (κ2) is 8.16. The second-order valence-electron chi connectivity index (χ2n) is 3.78. The lowest BCUT2D eigenvalue weighted by molar-refractivity contribution is -0.126. The Morgan fingerprint density at radius 3 is 2.70 bits per heavy atom. The Hall–Kier alpha value is -2.09. The number of benzene rings is 1. The van der Waals surface area contributed by atoms with Crippen LogP contribution in [0.25, 0.3) is 0 Å². The number of amides is 2. The highest BCUT2D eigenvalue weighted by Gasteiger charge is 2.12. The molecule has 7 nitrogen and oxygen atoms in total. The highest BCUT2D eigenvalue weighted by atomic mass is 79.9. The van der Waals surface area contributed by atoms with Crippen LogP contribution in [0, 0.1) is 0 Å². The summed E-state index contributed by atoms with van der Waals surface area (Å²) in [5.74, 6) is -0.602. The van der Waals surface area contributed by atoms with Gasteiger partial charge < -0.3 is 25.9 Å². The molecule has 0 saturated heterocycles. The number of anilines is 1. The number of primary amides is 1. The van der Waals surface area contributed by atoms with E-state index in [1.165, 1.54) is 0 Å². The van der Waals surface area contributed by atoms with E-state index in [1.54, 1.807) is 0 Å². The fourth-order valence-electron chi connectivity index (χ4n) is 1.34. The molecule has 0 aromatic heterocycles. The van der Waals surface area contributed by atoms with Gasteiger partial charge in [-0.25, -0.2) is 4.79 Å². The third-order valence-corrected chi connectivity index (χ3v) is 2.93. The molecule has 0 saturated carbocycles. The lowest BCUT2D eigenvalue weighted by Crippen LogP contribution is -2.43. The van der Waals surface area contributed by atoms with Crippen molar-refractivity contribution in [2.45, 2.75) is 6.04 Å². The number of nitrogens with one attached hydrogen (secondary N) is 2. The van der Waals surface area contributed by atoms with Gasteiger partial charge >= 0.3 is 6.09 Å². The van der Waals surface area contributed by atoms with Crippen molar-refractivity contribution >= 4 is 39.9 Å². The van der Waals surface area contributed by atoms with Crippen molar-refractivity contribution in [1.29, 1.82) is 0 Å². The molecule has 8 heteroatoms. The number of nitrogens with two attached hydrogens (primary N) is 1. The molecule has 1 aromatic rings. The summed E-state index contributed by atoms with van der Waals surface area (Å²) in [5.41, 5.74) is 5.52. The Morgan fingerprint density at radius 2 is 2.10 bits per heavy atom. The summed E-state index contributed by atoms with van der Waals surface area (Å²) < 4.78 is 5.15. The number of ether oxygens (including phenoxy) is 1. The van der Waals surface area contributed by atoms with Crippen LogP contribution in [0.4, 0.5) is 10.5 Å². The Morgan fingerprint density at radius 1 is 1.40 bits per heavy atom. The van der Waals surface area contributed by atoms with Gasteiger partial charge in [-0.05, 0) is 28.1 Å². The predicted octanol–water partition coefficient (Wildman–Crippen LogP) is 0.640. The van der Waals surface area contributed by atoms with Gasteiger partial charge in [-0.1, -0.05) is 12.1 Å². The van der Waals surface area contributed by atoms with Gasteiger partial charge in [0.1, 0.15) is 12.3 Å². The molecule has 1 aromatic carbocycles. The minimum atomic E-state index is -1.05. The first kappa shape index (κ1) is 16.0. The van der Waals surface area contributed by atoms with Gasteiger partial charge in [0.2, 0.25) is 0 Å². The molecule has 20 heavy (non-hydrogen) atoms. The molecule has 0 spiro atoms. The smallest absolute Gasteiger partial charge is 0.405 e. The maximum Gasteiger partial charge on any atom is 0.405 e. The fraction of sp³-hybridized carbons (Fsp3) is 0.250. The Kier molecular flexibility index (Phi) is 6.51. The van der Waals surface area contributed by atoms with Gasteiger partial charge in [0.25, 0.3) is 5.91 Å². The summed E-state index contributed by atoms with van der Waals surface area (Å²) in [4.78, 5) is 32.6. The van der Waals surface area contributed by atoms with E-state index in [9.17, 15) is 14.4 Å². The van der Waals surface area contributed by atoms with Crippen molar-refractivity contribution in [2.24, 2.45) is 5.73 Å². The lowest BCUT2D eigenvalue weighted by atomic mass is 10.2. The Bertz CT molecular complexity index is 495. The van der Waals surface area contributed by atoms with Crippen LogP contribution < -0.4 is 16.4 Å². The molecule has 2 amide bonds. The van der Waals surface area contributed by atoms with Crippen LogP contribution in [0.1, 0.15) is 0 Å². The number of carbonyl (C=O) groups excluding carboxylic acids is 3. The summed E-state index contributed by atoms with van der Waals surface area (Å²) in [6, 6.07) is 6.62. The Labute approximate surface area is 124 Å². The topological polar surface area (TPSA) is 111 Å². The monoisotopic (exact) mass is 343 g/mol. The number of halogens is 1. The molecule has 1 rings (SSSR count). The number of para-hydroxylation sites is 1. The predicted molar refractivity (Wildman–Crippen MR) is 76.2 cm³/mol. The number of hydrogen-bond donors (Lipinski definition) is 3. The molecule has 0 bridgehead atoms. The maximum absolute atomic E-state index is 11.4. The van der Waals surface area contributed by atoms with Crippen LogP contribution in [0.5, 0.6) is 0 Å². The van der Waals surface area contributed by atoms with Gasteiger partial charge in [0.15, 0.2) is 6.61 Å². The van der Waals surface area contributed by atoms with Crippen molar-refractivity contribution in [3.05, 3.63) is 28.7 Å². The molecule has 0 radical (unpaired) electrons. The molecule has 0 fully saturated rings. The summed E-state index contributed by atoms with van der Waals surface area (Å²) >= 11 is 3.35. The van der Waals surface area contributed by atoms with Crippen molar-refractivity contribution in [1.82, 2.24) is 5.32 Å². The fourth-order valence-corrected chi connectivity index (χ4v) is 1.77. The third-order valence-electron chi connectivity index (χ3n) is 2.24. The van der Waals surface area contributed by atoms with Gasteiger partial charge in [-0.15, -0.1) is 0 Å². The molecule has 0 heterocycles. The standard InChI is InChI=1S/C12H14BrN3O4/c13-9-3-1-2-4-10(9)15-5-8(6-17)16-11(18)7-20-12(14)19/h1-4,6,8,15H,5,7H2,(H2,14,19)(H,16,18)/t8-/m1/s1. The van der Waals surface area contributed by atoms with E-state index >= 15 is 0 Å². The first-order valence-electron chi connectivity index (χ1n) is 5.68. The van der Waals surface area contributed by atoms with Gasteiger partial charge in [-0.2, -0.15) is 0 Å². The summed E-state index contributed by atoms with van der Waals surface area (Å²) in [5, 5.41) is 5.40. The van der Waals surface area contributed by atoms with Gasteiger partial charge in [0.05, 0.1) is 0 Å². The first-order valence-corrected chi connectivity index (χ1v) is 6.47. The zero-order valence-electron chi connectivity index (χ0n) is 10.5. The molecule has 4 N–H and O–H groups in total. The van der Waals surface area contributed by atoms with E-state index in [4.69, 9.17) is 5.73 Å². The minimum absolute atomic E-state index is 0.203. The van der Waals surface area contributed by atoms with Crippen LogP contribution in [0.15, 0.2) is 28.7 Å². The second-order valence-corrected chi connectivity index (χ2v) is 4.63. The van der Waals surface area contributed by atoms with Crippen molar-refractivity contribution in [3.63, 3.8) is 0 Å². The van der Waals surface area contributed by atoms with Gasteiger partial charge in [0, 0.05) is 16.7 Å². The van der Waals surface area contributed by atoms with Crippen LogP contribution in [0.2, 0.25) is 0 Å². The number of hydrogen-bond acceptors (Lipinski definition) is 5. The molecule has 108 valence electrons. The zero-order valence-corrected chi connectivity index (χ0v) is 12.1. The van der Waals surface area contributed by atoms with Crippen molar-refractivity contribution in [3.8, 4) is 0 Å². The normalized spacial score (nSPS) is 11.2. The molecule has 0 aliphatic heterocycles. The van der Waals surface area contributed by atoms with Crippen LogP contribution in [-0.2, 0) is 14.3 Å². The maximum atomic E-state index is 11.4. The summed E-state index contributed by atoms with van der Waals surface area (Å²) in [6.45, 7) is -0.316. The summed E-state index contributed by atoms with van der Waals surface area (Å²) in [7, 11) is 0. The van der Waals surface area contributed by atoms with E-state index in [0.717, 1.165) is 10.2 Å². The van der Waals surface area contributed by atoms with Crippen LogP contribution >= 0.6 is 15.9 Å². The quantitative estimate of drug-likeness (QED) is 0.629. The SMILES string of the molecule is NC(=O)OCC(=O)N[C@@H](C=O)CNc1ccccc1Br. The lowest BCUT2D eigenvalue weighted by Gasteiger charge is -2.15. The average Bonchev–Trinajstić information content (AvgIpc) is 2.42. The highest BCUT2D eigenvalue weighted by Crippen LogP contribution is 2.20. The van der Waals surface area contributed by atoms with Gasteiger partial charge in [-0.3, -0.25) is 4.79 Å². The molecule has 0 unspecified atom stereocenters. The molecule has 0 aliphatic carbocycles. The molecular formula is C12H14BrN3O4. The number of rotatable bonds is 7. The third kappa shape index (κ3) is 5.70. The molecular weight excluding hydrogens is 330 g/mol. The largest absolute Gasteiger partial charge is 0.440 e. The highest BCUT2D eigenvalue weighted by molar-refractivity contribution is 9.10. The van der Waals surface area contributed by atoms with E-state index in [-0.39, 0.29) is 6.54 Å². The van der Waals surface area contributed by atoms with Crippen molar-refractivity contribution in [2.75, 3.05) is 18.5 Å². The summed E-state index contributed by atoms with van der Waals surface area (Å²) in [6.07, 6.45) is -0.458. The molecule has 1 atom stereocenters. The zero-order chi connectivity index (χ0) is 15.0. The van der Waals surface area contributed by atoms with E-state index in [2.05, 4.69) is 31.3 Å².